The molecule has 5 rings (SSSR count). The van der Waals surface area contributed by atoms with Crippen molar-refractivity contribution in [2.24, 2.45) is 0 Å². The van der Waals surface area contributed by atoms with E-state index in [4.69, 9.17) is 4.42 Å². The highest BCUT2D eigenvalue weighted by Crippen LogP contribution is 2.36. The quantitative estimate of drug-likeness (QED) is 0.313. The van der Waals surface area contributed by atoms with Crippen molar-refractivity contribution in [1.82, 2.24) is 19.7 Å². The first-order chi connectivity index (χ1) is 16.3. The molecule has 1 saturated carbocycles. The summed E-state index contributed by atoms with van der Waals surface area (Å²) in [5, 5.41) is 15.6. The van der Waals surface area contributed by atoms with E-state index >= 15 is 0 Å². The van der Waals surface area contributed by atoms with Crippen LogP contribution in [0.15, 0.2) is 63.7 Å². The fourth-order valence-electron chi connectivity index (χ4n) is 4.12. The Hall–Kier alpha value is -2.91. The zero-order valence-electron chi connectivity index (χ0n) is 18.1. The predicted octanol–water partition coefficient (Wildman–Crippen LogP) is 5.97. The number of aromatic nitrogens is 4. The number of furan rings is 1. The average molecular weight is 480 g/mol. The van der Waals surface area contributed by atoms with E-state index in [0.717, 1.165) is 46.0 Å². The highest BCUT2D eigenvalue weighted by Gasteiger charge is 2.25. The number of nitrogens with zero attached hydrogens (tertiary/aromatic N) is 4. The molecule has 9 heteroatoms. The summed E-state index contributed by atoms with van der Waals surface area (Å²) in [6.07, 6.45) is 7.96. The molecule has 7 nitrogen and oxygen atoms in total. The Morgan fingerprint density at radius 2 is 1.97 bits per heavy atom. The Bertz CT molecular complexity index is 1180. The minimum atomic E-state index is -0.0603. The van der Waals surface area contributed by atoms with Crippen molar-refractivity contribution < 1.29 is 9.21 Å². The predicted molar refractivity (Wildman–Crippen MR) is 130 cm³/mol. The van der Waals surface area contributed by atoms with E-state index in [1.165, 1.54) is 30.6 Å². The van der Waals surface area contributed by atoms with Gasteiger partial charge in [0.05, 0.1) is 18.4 Å². The summed E-state index contributed by atoms with van der Waals surface area (Å²) in [6, 6.07) is 13.7. The van der Waals surface area contributed by atoms with Crippen LogP contribution in [-0.2, 0) is 17.0 Å². The largest absolute Gasteiger partial charge is 0.461 e. The van der Waals surface area contributed by atoms with Gasteiger partial charge >= 0.3 is 0 Å². The van der Waals surface area contributed by atoms with Gasteiger partial charge in [0.2, 0.25) is 11.7 Å². The van der Waals surface area contributed by atoms with Crippen molar-refractivity contribution in [1.29, 1.82) is 0 Å². The molecule has 0 atom stereocenters. The molecule has 0 radical (unpaired) electrons. The number of para-hydroxylation sites is 1. The first-order valence-corrected chi connectivity index (χ1v) is 13.0. The van der Waals surface area contributed by atoms with Crippen molar-refractivity contribution in [3.05, 3.63) is 64.8 Å². The number of anilines is 1. The third kappa shape index (κ3) is 5.36. The number of hydrogen-bond acceptors (Lipinski definition) is 7. The molecule has 3 aromatic heterocycles. The molecule has 1 aromatic carbocycles. The second-order valence-electron chi connectivity index (χ2n) is 8.06. The Kier molecular flexibility index (Phi) is 6.87. The molecule has 1 N–H and O–H groups in total. The third-order valence-corrected chi connectivity index (χ3v) is 7.54. The van der Waals surface area contributed by atoms with Crippen molar-refractivity contribution in [3.63, 3.8) is 0 Å². The van der Waals surface area contributed by atoms with E-state index in [0.29, 0.717) is 11.8 Å². The molecule has 1 fully saturated rings. The third-order valence-electron chi connectivity index (χ3n) is 5.66. The monoisotopic (exact) mass is 479 g/mol. The topological polar surface area (TPSA) is 85.8 Å². The maximum atomic E-state index is 12.3. The molecule has 0 spiro atoms. The van der Waals surface area contributed by atoms with Crippen molar-refractivity contribution in [2.45, 2.75) is 55.5 Å². The number of hydrogen-bond donors (Lipinski definition) is 1. The average Bonchev–Trinajstić information content (AvgIpc) is 3.60. The van der Waals surface area contributed by atoms with E-state index in [-0.39, 0.29) is 12.3 Å². The highest BCUT2D eigenvalue weighted by molar-refractivity contribution is 7.98. The SMILES string of the molecule is O=C(Cc1nc(CSc2nnc(-c3ccco3)n2C2CCCCC2)cs1)Nc1ccccc1. The highest BCUT2D eigenvalue weighted by atomic mass is 32.2. The number of carbonyl (C=O) groups excluding carboxylic acids is 1. The summed E-state index contributed by atoms with van der Waals surface area (Å²) in [6.45, 7) is 0. The minimum absolute atomic E-state index is 0.0603. The molecular formula is C24H25N5O2S2. The van der Waals surface area contributed by atoms with Crippen LogP contribution in [0.25, 0.3) is 11.6 Å². The lowest BCUT2D eigenvalue weighted by molar-refractivity contribution is -0.115. The molecule has 1 amide bonds. The Morgan fingerprint density at radius 3 is 2.76 bits per heavy atom. The van der Waals surface area contributed by atoms with Crippen LogP contribution in [0.3, 0.4) is 0 Å². The van der Waals surface area contributed by atoms with Gasteiger partial charge < -0.3 is 9.73 Å². The first kappa shape index (κ1) is 21.9. The molecule has 33 heavy (non-hydrogen) atoms. The van der Waals surface area contributed by atoms with Gasteiger partial charge in [0.1, 0.15) is 5.01 Å². The van der Waals surface area contributed by atoms with Crippen LogP contribution in [0, 0.1) is 0 Å². The van der Waals surface area contributed by atoms with E-state index in [1.807, 2.05) is 47.8 Å². The van der Waals surface area contributed by atoms with Gasteiger partial charge in [-0.25, -0.2) is 4.98 Å². The Balaban J connectivity index is 1.25. The van der Waals surface area contributed by atoms with Gasteiger partial charge in [0.15, 0.2) is 10.9 Å². The van der Waals surface area contributed by atoms with Gasteiger partial charge in [-0.05, 0) is 37.1 Å². The molecule has 1 aliphatic carbocycles. The number of amides is 1. The molecule has 0 saturated heterocycles. The molecule has 170 valence electrons. The summed E-state index contributed by atoms with van der Waals surface area (Å²) < 4.78 is 7.88. The lowest BCUT2D eigenvalue weighted by atomic mass is 9.95. The molecule has 0 aliphatic heterocycles. The normalized spacial score (nSPS) is 14.4. The molecule has 0 unspecified atom stereocenters. The van der Waals surface area contributed by atoms with Gasteiger partial charge in [-0.15, -0.1) is 21.5 Å². The van der Waals surface area contributed by atoms with E-state index < -0.39 is 0 Å². The fraction of sp³-hybridized carbons (Fsp3) is 0.333. The number of nitrogens with one attached hydrogen (secondary N) is 1. The van der Waals surface area contributed by atoms with E-state index in [9.17, 15) is 4.79 Å². The second kappa shape index (κ2) is 10.4. The molecule has 0 bridgehead atoms. The smallest absolute Gasteiger partial charge is 0.231 e. The summed E-state index contributed by atoms with van der Waals surface area (Å²) in [5.74, 6) is 2.17. The molecule has 4 aromatic rings. The van der Waals surface area contributed by atoms with Crippen LogP contribution >= 0.6 is 23.1 Å². The number of carbonyl (C=O) groups is 1. The van der Waals surface area contributed by atoms with Crippen LogP contribution in [0.5, 0.6) is 0 Å². The molecule has 3 heterocycles. The second-order valence-corrected chi connectivity index (χ2v) is 9.94. The van der Waals surface area contributed by atoms with Crippen molar-refractivity contribution >= 4 is 34.7 Å². The summed E-state index contributed by atoms with van der Waals surface area (Å²) in [4.78, 5) is 17.0. The standard InChI is InChI=1S/C24H25N5O2S2/c30-21(25-17-8-3-1-4-9-17)14-22-26-18(15-32-22)16-33-24-28-27-23(20-12-7-13-31-20)29(24)19-10-5-2-6-11-19/h1,3-4,7-9,12-13,15,19H,2,5-6,10-11,14,16H2,(H,25,30). The number of thioether (sulfide) groups is 1. The van der Waals surface area contributed by atoms with Crippen LogP contribution < -0.4 is 5.32 Å². The van der Waals surface area contributed by atoms with E-state index in [1.54, 1.807) is 18.0 Å². The van der Waals surface area contributed by atoms with Gasteiger partial charge in [0.25, 0.3) is 0 Å². The summed E-state index contributed by atoms with van der Waals surface area (Å²) in [7, 11) is 0. The maximum absolute atomic E-state index is 12.3. The summed E-state index contributed by atoms with van der Waals surface area (Å²) in [5.41, 5.74) is 1.74. The zero-order valence-corrected chi connectivity index (χ0v) is 19.8. The van der Waals surface area contributed by atoms with Gasteiger partial charge in [-0.1, -0.05) is 49.2 Å². The van der Waals surface area contributed by atoms with Crippen LogP contribution in [-0.4, -0.2) is 25.7 Å². The van der Waals surface area contributed by atoms with Crippen molar-refractivity contribution in [2.75, 3.05) is 5.32 Å². The fourth-order valence-corrected chi connectivity index (χ4v) is 5.91. The minimum Gasteiger partial charge on any atom is -0.461 e. The maximum Gasteiger partial charge on any atom is 0.231 e. The number of benzene rings is 1. The number of rotatable bonds is 8. The van der Waals surface area contributed by atoms with Gasteiger partial charge in [-0.3, -0.25) is 9.36 Å². The van der Waals surface area contributed by atoms with Crippen LogP contribution in [0.4, 0.5) is 5.69 Å². The summed E-state index contributed by atoms with van der Waals surface area (Å²) >= 11 is 3.15. The molecular weight excluding hydrogens is 454 g/mol. The van der Waals surface area contributed by atoms with Crippen LogP contribution in [0.1, 0.15) is 48.8 Å². The Labute approximate surface area is 200 Å². The number of thiazole rings is 1. The lowest BCUT2D eigenvalue weighted by Crippen LogP contribution is -2.15. The van der Waals surface area contributed by atoms with E-state index in [2.05, 4.69) is 25.1 Å². The molecule has 1 aliphatic rings. The van der Waals surface area contributed by atoms with Gasteiger partial charge in [-0.2, -0.15) is 0 Å². The van der Waals surface area contributed by atoms with Crippen LogP contribution in [0.2, 0.25) is 0 Å². The Morgan fingerprint density at radius 1 is 1.12 bits per heavy atom. The lowest BCUT2D eigenvalue weighted by Gasteiger charge is -2.25. The van der Waals surface area contributed by atoms with Gasteiger partial charge in [0, 0.05) is 22.9 Å². The first-order valence-electron chi connectivity index (χ1n) is 11.2. The zero-order chi connectivity index (χ0) is 22.5. The van der Waals surface area contributed by atoms with Crippen molar-refractivity contribution in [3.8, 4) is 11.6 Å².